The summed E-state index contributed by atoms with van der Waals surface area (Å²) < 4.78 is 10.3. The Hall–Kier alpha value is -2.08. The van der Waals surface area contributed by atoms with Crippen LogP contribution in [-0.2, 0) is 20.7 Å². The first kappa shape index (κ1) is 21.0. The van der Waals surface area contributed by atoms with Crippen molar-refractivity contribution in [2.24, 2.45) is 0 Å². The van der Waals surface area contributed by atoms with E-state index in [1.165, 1.54) is 12.7 Å². The zero-order valence-corrected chi connectivity index (χ0v) is 15.8. The van der Waals surface area contributed by atoms with Crippen molar-refractivity contribution < 1.29 is 19.1 Å². The minimum atomic E-state index is -0.318. The van der Waals surface area contributed by atoms with E-state index in [-0.39, 0.29) is 24.9 Å². The Morgan fingerprint density at radius 3 is 2.52 bits per heavy atom. The second kappa shape index (κ2) is 11.5. The normalized spacial score (nSPS) is 10.6. The van der Waals surface area contributed by atoms with Crippen molar-refractivity contribution in [1.29, 1.82) is 0 Å². The van der Waals surface area contributed by atoms with Crippen LogP contribution in [0.1, 0.15) is 25.3 Å². The van der Waals surface area contributed by atoms with Crippen molar-refractivity contribution in [3.8, 4) is 5.75 Å². The summed E-state index contributed by atoms with van der Waals surface area (Å²) in [5.41, 5.74) is 1.17. The fourth-order valence-corrected chi connectivity index (χ4v) is 2.36. The van der Waals surface area contributed by atoms with Gasteiger partial charge in [-0.3, -0.25) is 9.59 Å². The number of amides is 1. The zero-order chi connectivity index (χ0) is 18.7. The van der Waals surface area contributed by atoms with E-state index < -0.39 is 0 Å². The number of benzene rings is 1. The summed E-state index contributed by atoms with van der Waals surface area (Å²) in [4.78, 5) is 27.6. The molecule has 0 aliphatic carbocycles. The molecule has 0 N–H and O–H groups in total. The molecule has 0 saturated heterocycles. The number of carbonyl (C=O) groups is 2. The molecule has 0 aliphatic rings. The summed E-state index contributed by atoms with van der Waals surface area (Å²) in [6, 6.07) is 7.73. The average Bonchev–Trinajstić information content (AvgIpc) is 2.62. The molecule has 6 nitrogen and oxygen atoms in total. The lowest BCUT2D eigenvalue weighted by Gasteiger charge is -2.23. The predicted molar refractivity (Wildman–Crippen MR) is 97.7 cm³/mol. The molecule has 140 valence electrons. The third kappa shape index (κ3) is 8.54. The van der Waals surface area contributed by atoms with E-state index in [1.807, 2.05) is 38.4 Å². The molecule has 0 bridgehead atoms. The van der Waals surface area contributed by atoms with E-state index >= 15 is 0 Å². The summed E-state index contributed by atoms with van der Waals surface area (Å²) in [5, 5.41) is 0. The molecular weight excluding hydrogens is 320 g/mol. The maximum absolute atomic E-state index is 12.5. The smallest absolute Gasteiger partial charge is 0.307 e. The Balaban J connectivity index is 2.57. The first-order valence-corrected chi connectivity index (χ1v) is 8.67. The summed E-state index contributed by atoms with van der Waals surface area (Å²) in [6.45, 7) is 3.85. The van der Waals surface area contributed by atoms with Crippen LogP contribution in [0.2, 0.25) is 0 Å². The SMILES string of the molecule is CCc1cccc(OCC(=O)N(CCCN(C)C)CCC(=O)OC)c1. The van der Waals surface area contributed by atoms with Gasteiger partial charge in [-0.15, -0.1) is 0 Å². The number of aryl methyl sites for hydroxylation is 1. The number of carbonyl (C=O) groups excluding carboxylic acids is 2. The fraction of sp³-hybridized carbons (Fsp3) is 0.579. The molecule has 25 heavy (non-hydrogen) atoms. The maximum Gasteiger partial charge on any atom is 0.307 e. The van der Waals surface area contributed by atoms with Crippen LogP contribution in [0.15, 0.2) is 24.3 Å². The number of hydrogen-bond acceptors (Lipinski definition) is 5. The molecule has 0 saturated carbocycles. The van der Waals surface area contributed by atoms with E-state index in [0.717, 1.165) is 19.4 Å². The van der Waals surface area contributed by atoms with Crippen LogP contribution in [0.4, 0.5) is 0 Å². The van der Waals surface area contributed by atoms with Gasteiger partial charge in [0.15, 0.2) is 6.61 Å². The molecule has 1 rings (SSSR count). The maximum atomic E-state index is 12.5. The lowest BCUT2D eigenvalue weighted by molar-refractivity contribution is -0.142. The number of hydrogen-bond donors (Lipinski definition) is 0. The highest BCUT2D eigenvalue weighted by Crippen LogP contribution is 2.14. The number of methoxy groups -OCH3 is 1. The molecule has 0 atom stereocenters. The number of ether oxygens (including phenoxy) is 2. The lowest BCUT2D eigenvalue weighted by Crippen LogP contribution is -2.38. The van der Waals surface area contributed by atoms with Crippen LogP contribution in [0, 0.1) is 0 Å². The van der Waals surface area contributed by atoms with Crippen LogP contribution in [0.5, 0.6) is 5.75 Å². The van der Waals surface area contributed by atoms with Gasteiger partial charge in [0.1, 0.15) is 5.75 Å². The molecule has 0 aliphatic heterocycles. The van der Waals surface area contributed by atoms with E-state index in [2.05, 4.69) is 16.6 Å². The summed E-state index contributed by atoms with van der Waals surface area (Å²) in [5.74, 6) is 0.250. The molecule has 0 radical (unpaired) electrons. The Morgan fingerprint density at radius 2 is 1.88 bits per heavy atom. The standard InChI is InChI=1S/C19H30N2O4/c1-5-16-8-6-9-17(14-16)25-15-18(22)21(12-7-11-20(2)3)13-10-19(23)24-4/h6,8-9,14H,5,7,10-13,15H2,1-4H3. The lowest BCUT2D eigenvalue weighted by atomic mass is 10.2. The number of nitrogens with zero attached hydrogens (tertiary/aromatic N) is 2. The molecule has 0 aromatic heterocycles. The first-order chi connectivity index (χ1) is 12.0. The first-order valence-electron chi connectivity index (χ1n) is 8.67. The van der Waals surface area contributed by atoms with Crippen LogP contribution >= 0.6 is 0 Å². The average molecular weight is 350 g/mol. The van der Waals surface area contributed by atoms with Gasteiger partial charge in [-0.1, -0.05) is 19.1 Å². The quantitative estimate of drug-likeness (QED) is 0.571. The van der Waals surface area contributed by atoms with Gasteiger partial charge in [-0.25, -0.2) is 0 Å². The van der Waals surface area contributed by atoms with Gasteiger partial charge in [-0.05, 0) is 51.2 Å². The fourth-order valence-electron chi connectivity index (χ4n) is 2.36. The number of esters is 1. The Bertz CT molecular complexity index is 546. The van der Waals surface area contributed by atoms with Gasteiger partial charge in [0.25, 0.3) is 5.91 Å². The Labute approximate surface area is 150 Å². The van der Waals surface area contributed by atoms with Crippen molar-refractivity contribution in [1.82, 2.24) is 9.80 Å². The molecule has 1 aromatic carbocycles. The second-order valence-corrected chi connectivity index (χ2v) is 6.15. The van der Waals surface area contributed by atoms with Crippen LogP contribution in [0.25, 0.3) is 0 Å². The van der Waals surface area contributed by atoms with Gasteiger partial charge in [0, 0.05) is 13.1 Å². The van der Waals surface area contributed by atoms with E-state index in [4.69, 9.17) is 4.74 Å². The van der Waals surface area contributed by atoms with Crippen LogP contribution < -0.4 is 4.74 Å². The van der Waals surface area contributed by atoms with Crippen molar-refractivity contribution >= 4 is 11.9 Å². The van der Waals surface area contributed by atoms with Gasteiger partial charge in [-0.2, -0.15) is 0 Å². The molecule has 0 fully saturated rings. The molecule has 1 amide bonds. The molecule has 6 heteroatoms. The van der Waals surface area contributed by atoms with E-state index in [0.29, 0.717) is 18.8 Å². The Kier molecular flexibility index (Phi) is 9.62. The Morgan fingerprint density at radius 1 is 1.12 bits per heavy atom. The van der Waals surface area contributed by atoms with Crippen molar-refractivity contribution in [3.63, 3.8) is 0 Å². The molecule has 1 aromatic rings. The van der Waals surface area contributed by atoms with Crippen molar-refractivity contribution in [2.45, 2.75) is 26.2 Å². The summed E-state index contributed by atoms with van der Waals surface area (Å²) in [6.07, 6.45) is 1.95. The molecule has 0 unspecified atom stereocenters. The topological polar surface area (TPSA) is 59.1 Å². The third-order valence-electron chi connectivity index (χ3n) is 3.87. The highest BCUT2D eigenvalue weighted by Gasteiger charge is 2.16. The summed E-state index contributed by atoms with van der Waals surface area (Å²) >= 11 is 0. The predicted octanol–water partition coefficient (Wildman–Crippen LogP) is 1.97. The highest BCUT2D eigenvalue weighted by molar-refractivity contribution is 5.78. The molecular formula is C19H30N2O4. The van der Waals surface area contributed by atoms with Crippen molar-refractivity contribution in [2.75, 3.05) is 47.4 Å². The van der Waals surface area contributed by atoms with Gasteiger partial charge < -0.3 is 19.3 Å². The van der Waals surface area contributed by atoms with E-state index in [9.17, 15) is 9.59 Å². The van der Waals surface area contributed by atoms with Gasteiger partial charge >= 0.3 is 5.97 Å². The van der Waals surface area contributed by atoms with Gasteiger partial charge in [0.2, 0.25) is 0 Å². The monoisotopic (exact) mass is 350 g/mol. The zero-order valence-electron chi connectivity index (χ0n) is 15.8. The van der Waals surface area contributed by atoms with Crippen LogP contribution in [-0.4, -0.2) is 69.1 Å². The van der Waals surface area contributed by atoms with Gasteiger partial charge in [0.05, 0.1) is 13.5 Å². The minimum Gasteiger partial charge on any atom is -0.484 e. The third-order valence-corrected chi connectivity index (χ3v) is 3.87. The van der Waals surface area contributed by atoms with Crippen LogP contribution in [0.3, 0.4) is 0 Å². The number of rotatable bonds is 11. The largest absolute Gasteiger partial charge is 0.484 e. The summed E-state index contributed by atoms with van der Waals surface area (Å²) in [7, 11) is 5.33. The van der Waals surface area contributed by atoms with Crippen molar-refractivity contribution in [3.05, 3.63) is 29.8 Å². The molecule has 0 spiro atoms. The molecule has 0 heterocycles. The highest BCUT2D eigenvalue weighted by atomic mass is 16.5. The second-order valence-electron chi connectivity index (χ2n) is 6.15. The minimum absolute atomic E-state index is 0.0314. The van der Waals surface area contributed by atoms with E-state index in [1.54, 1.807) is 4.90 Å².